The number of phenols is 1. The Morgan fingerprint density at radius 3 is 2.50 bits per heavy atom. The van der Waals surface area contributed by atoms with Gasteiger partial charge < -0.3 is 5.11 Å². The van der Waals surface area contributed by atoms with Crippen molar-refractivity contribution < 1.29 is 5.11 Å². The molecule has 4 aromatic rings. The normalized spacial score (nSPS) is 11.1. The fraction of sp³-hybridized carbons (Fsp3) is 0.0909. The number of hydrogen-bond acceptors (Lipinski definition) is 3. The van der Waals surface area contributed by atoms with Gasteiger partial charge in [0.25, 0.3) is 5.56 Å². The van der Waals surface area contributed by atoms with Gasteiger partial charge in [0.15, 0.2) is 0 Å². The number of aryl methyl sites for hydroxylation is 1. The van der Waals surface area contributed by atoms with Crippen molar-refractivity contribution in [3.63, 3.8) is 0 Å². The number of aromatic hydroxyl groups is 1. The number of benzene rings is 3. The second kappa shape index (κ2) is 7.66. The number of fused-ring (bicyclic) bond motifs is 1. The maximum absolute atomic E-state index is 13.2. The molecule has 0 saturated carbocycles. The maximum Gasteiger partial charge on any atom is 0.261 e. The highest BCUT2D eigenvalue weighted by atomic mass is 35.5. The minimum atomic E-state index is -0.158. The van der Waals surface area contributed by atoms with Crippen LogP contribution in [0.3, 0.4) is 0 Å². The van der Waals surface area contributed by atoms with E-state index in [1.54, 1.807) is 53.1 Å². The van der Waals surface area contributed by atoms with Gasteiger partial charge in [0.1, 0.15) is 11.6 Å². The van der Waals surface area contributed by atoms with Crippen LogP contribution in [0.1, 0.15) is 5.56 Å². The lowest BCUT2D eigenvalue weighted by Gasteiger charge is -2.15. The van der Waals surface area contributed by atoms with E-state index in [1.165, 1.54) is 0 Å². The first-order valence-electron chi connectivity index (χ1n) is 8.76. The van der Waals surface area contributed by atoms with Crippen LogP contribution in [-0.2, 0) is 13.0 Å². The highest BCUT2D eigenvalue weighted by molar-refractivity contribution is 6.35. The molecule has 140 valence electrons. The smallest absolute Gasteiger partial charge is 0.261 e. The highest BCUT2D eigenvalue weighted by Crippen LogP contribution is 2.28. The van der Waals surface area contributed by atoms with Crippen LogP contribution in [-0.4, -0.2) is 14.7 Å². The zero-order chi connectivity index (χ0) is 19.7. The SMILES string of the molecule is O=c1c2ccccc2nc(-c2ccccc2O)n1CCc1ccc(Cl)cc1Cl. The Bertz CT molecular complexity index is 1230. The predicted octanol–water partition coefficient (Wildman–Crippen LogP) is 5.32. The molecule has 6 heteroatoms. The van der Waals surface area contributed by atoms with Crippen molar-refractivity contribution in [2.24, 2.45) is 0 Å². The highest BCUT2D eigenvalue weighted by Gasteiger charge is 2.15. The Kier molecular flexibility index (Phi) is 5.07. The first-order valence-corrected chi connectivity index (χ1v) is 9.52. The summed E-state index contributed by atoms with van der Waals surface area (Å²) in [5.74, 6) is 0.495. The molecule has 0 unspecified atom stereocenters. The van der Waals surface area contributed by atoms with Gasteiger partial charge >= 0.3 is 0 Å². The molecule has 0 bridgehead atoms. The van der Waals surface area contributed by atoms with Crippen LogP contribution in [0.5, 0.6) is 5.75 Å². The molecular formula is C22H16Cl2N2O2. The lowest BCUT2D eigenvalue weighted by Crippen LogP contribution is -2.24. The lowest BCUT2D eigenvalue weighted by atomic mass is 10.1. The van der Waals surface area contributed by atoms with Crippen LogP contribution in [0.2, 0.25) is 10.0 Å². The fourth-order valence-corrected chi connectivity index (χ4v) is 3.70. The number of nitrogens with zero attached hydrogens (tertiary/aromatic N) is 2. The van der Waals surface area contributed by atoms with Gasteiger partial charge in [-0.2, -0.15) is 0 Å². The van der Waals surface area contributed by atoms with Crippen molar-refractivity contribution in [1.29, 1.82) is 0 Å². The second-order valence-electron chi connectivity index (χ2n) is 6.41. The molecule has 1 N–H and O–H groups in total. The molecule has 0 amide bonds. The molecule has 28 heavy (non-hydrogen) atoms. The minimum absolute atomic E-state index is 0.0722. The summed E-state index contributed by atoms with van der Waals surface area (Å²) in [7, 11) is 0. The van der Waals surface area contributed by atoms with Gasteiger partial charge in [-0.15, -0.1) is 0 Å². The first kappa shape index (κ1) is 18.5. The number of para-hydroxylation sites is 2. The summed E-state index contributed by atoms with van der Waals surface area (Å²) in [6.45, 7) is 0.363. The Morgan fingerprint density at radius 1 is 0.964 bits per heavy atom. The maximum atomic E-state index is 13.2. The van der Waals surface area contributed by atoms with E-state index in [1.807, 2.05) is 18.2 Å². The quantitative estimate of drug-likeness (QED) is 0.495. The zero-order valence-electron chi connectivity index (χ0n) is 14.8. The molecule has 3 aromatic carbocycles. The topological polar surface area (TPSA) is 55.1 Å². The van der Waals surface area contributed by atoms with Gasteiger partial charge in [-0.1, -0.05) is 53.5 Å². The number of rotatable bonds is 4. The fourth-order valence-electron chi connectivity index (χ4n) is 3.20. The van der Waals surface area contributed by atoms with Crippen molar-refractivity contribution in [2.75, 3.05) is 0 Å². The van der Waals surface area contributed by atoms with E-state index in [9.17, 15) is 9.90 Å². The molecule has 0 atom stereocenters. The standard InChI is InChI=1S/C22H16Cl2N2O2/c23-15-10-9-14(18(24)13-15)11-12-26-21(17-6-2-4-8-20(17)27)25-19-7-3-1-5-16(19)22(26)28/h1-10,13,27H,11-12H2. The van der Waals surface area contributed by atoms with Crippen LogP contribution in [0.4, 0.5) is 0 Å². The number of phenolic OH excluding ortho intramolecular Hbond substituents is 1. The molecule has 0 radical (unpaired) electrons. The summed E-state index contributed by atoms with van der Waals surface area (Å²) in [5.41, 5.74) is 1.82. The van der Waals surface area contributed by atoms with Crippen LogP contribution in [0.25, 0.3) is 22.3 Å². The molecule has 0 fully saturated rings. The largest absolute Gasteiger partial charge is 0.507 e. The zero-order valence-corrected chi connectivity index (χ0v) is 16.3. The Balaban J connectivity index is 1.86. The lowest BCUT2D eigenvalue weighted by molar-refractivity contribution is 0.476. The van der Waals surface area contributed by atoms with E-state index in [4.69, 9.17) is 23.2 Å². The van der Waals surface area contributed by atoms with E-state index in [0.29, 0.717) is 45.3 Å². The third-order valence-electron chi connectivity index (χ3n) is 4.63. The molecule has 1 aromatic heterocycles. The van der Waals surface area contributed by atoms with Crippen molar-refractivity contribution in [3.8, 4) is 17.1 Å². The average molecular weight is 411 g/mol. The first-order chi connectivity index (χ1) is 13.5. The van der Waals surface area contributed by atoms with E-state index >= 15 is 0 Å². The molecule has 0 aliphatic carbocycles. The second-order valence-corrected chi connectivity index (χ2v) is 7.26. The minimum Gasteiger partial charge on any atom is -0.507 e. The van der Waals surface area contributed by atoms with E-state index in [-0.39, 0.29) is 11.3 Å². The molecule has 4 rings (SSSR count). The van der Waals surface area contributed by atoms with E-state index in [2.05, 4.69) is 4.98 Å². The molecule has 1 heterocycles. The Morgan fingerprint density at radius 2 is 1.71 bits per heavy atom. The molecule has 0 aliphatic heterocycles. The van der Waals surface area contributed by atoms with Crippen molar-refractivity contribution in [3.05, 3.63) is 92.7 Å². The molecule has 0 aliphatic rings. The van der Waals surface area contributed by atoms with Crippen LogP contribution < -0.4 is 5.56 Å². The molecule has 0 spiro atoms. The summed E-state index contributed by atoms with van der Waals surface area (Å²) in [6.07, 6.45) is 0.524. The third kappa shape index (κ3) is 3.49. The van der Waals surface area contributed by atoms with Crippen LogP contribution in [0, 0.1) is 0 Å². The summed E-state index contributed by atoms with van der Waals surface area (Å²) in [4.78, 5) is 17.8. The molecular weight excluding hydrogens is 395 g/mol. The molecule has 0 saturated heterocycles. The van der Waals surface area contributed by atoms with Gasteiger partial charge in [0.2, 0.25) is 0 Å². The summed E-state index contributed by atoms with van der Waals surface area (Å²) < 4.78 is 1.59. The van der Waals surface area contributed by atoms with Crippen LogP contribution >= 0.6 is 23.2 Å². The third-order valence-corrected chi connectivity index (χ3v) is 5.21. The van der Waals surface area contributed by atoms with Crippen molar-refractivity contribution >= 4 is 34.1 Å². The van der Waals surface area contributed by atoms with Crippen molar-refractivity contribution in [1.82, 2.24) is 9.55 Å². The average Bonchev–Trinajstić information content (AvgIpc) is 2.69. The summed E-state index contributed by atoms with van der Waals surface area (Å²) in [6, 6.07) is 19.4. The number of aromatic nitrogens is 2. The van der Waals surface area contributed by atoms with E-state index in [0.717, 1.165) is 5.56 Å². The number of halogens is 2. The summed E-state index contributed by atoms with van der Waals surface area (Å²) in [5, 5.41) is 12.0. The predicted molar refractivity (Wildman–Crippen MR) is 113 cm³/mol. The van der Waals surface area contributed by atoms with Crippen LogP contribution in [0.15, 0.2) is 71.5 Å². The Hall–Kier alpha value is -2.82. The number of hydrogen-bond donors (Lipinski definition) is 1. The summed E-state index contributed by atoms with van der Waals surface area (Å²) >= 11 is 12.3. The Labute approximate surface area is 171 Å². The monoisotopic (exact) mass is 410 g/mol. The van der Waals surface area contributed by atoms with Gasteiger partial charge in [0, 0.05) is 16.6 Å². The van der Waals surface area contributed by atoms with Gasteiger partial charge in [-0.3, -0.25) is 9.36 Å². The van der Waals surface area contributed by atoms with Gasteiger partial charge in [-0.25, -0.2) is 4.98 Å². The van der Waals surface area contributed by atoms with Gasteiger partial charge in [-0.05, 0) is 48.4 Å². The van der Waals surface area contributed by atoms with E-state index < -0.39 is 0 Å². The van der Waals surface area contributed by atoms with Crippen molar-refractivity contribution in [2.45, 2.75) is 13.0 Å². The van der Waals surface area contributed by atoms with Gasteiger partial charge in [0.05, 0.1) is 16.5 Å². The molecule has 4 nitrogen and oxygen atoms in total.